The van der Waals surface area contributed by atoms with E-state index in [0.29, 0.717) is 10.6 Å². The molecule has 0 spiro atoms. The van der Waals surface area contributed by atoms with Crippen molar-refractivity contribution in [2.75, 3.05) is 11.5 Å². The molecule has 0 radical (unpaired) electrons. The van der Waals surface area contributed by atoms with Gasteiger partial charge in [-0.05, 0) is 19.1 Å². The monoisotopic (exact) mass is 308 g/mol. The van der Waals surface area contributed by atoms with Gasteiger partial charge in [0.1, 0.15) is 0 Å². The van der Waals surface area contributed by atoms with Crippen LogP contribution in [-0.4, -0.2) is 25.0 Å². The van der Waals surface area contributed by atoms with E-state index in [1.165, 1.54) is 18.2 Å². The summed E-state index contributed by atoms with van der Waals surface area (Å²) in [6.07, 6.45) is 2.04. The Kier molecular flexibility index (Phi) is 5.66. The molecule has 100 valence electrons. The molecule has 1 atom stereocenters. The summed E-state index contributed by atoms with van der Waals surface area (Å²) in [6, 6.07) is 4.56. The first-order valence-electron chi connectivity index (χ1n) is 5.30. The molecule has 0 aliphatic heterocycles. The van der Waals surface area contributed by atoms with Crippen LogP contribution >= 0.6 is 23.2 Å². The van der Waals surface area contributed by atoms with Crippen molar-refractivity contribution >= 4 is 33.0 Å². The van der Waals surface area contributed by atoms with Gasteiger partial charge in [0.05, 0.1) is 17.6 Å². The second-order valence-electron chi connectivity index (χ2n) is 3.83. The van der Waals surface area contributed by atoms with Gasteiger partial charge in [0.2, 0.25) is 0 Å². The minimum atomic E-state index is -3.35. The van der Waals surface area contributed by atoms with E-state index in [1.54, 1.807) is 19.1 Å². The molecule has 18 heavy (non-hydrogen) atoms. The van der Waals surface area contributed by atoms with Gasteiger partial charge < -0.3 is 5.11 Å². The summed E-state index contributed by atoms with van der Waals surface area (Å²) in [7, 11) is -3.35. The Bertz CT molecular complexity index is 538. The summed E-state index contributed by atoms with van der Waals surface area (Å²) in [4.78, 5) is 0. The molecule has 0 amide bonds. The lowest BCUT2D eigenvalue weighted by molar-refractivity contribution is 0.202. The molecule has 0 saturated carbocycles. The number of hydrogen-bond donors (Lipinski definition) is 1. The fourth-order valence-corrected chi connectivity index (χ4v) is 3.23. The van der Waals surface area contributed by atoms with Crippen LogP contribution in [0.15, 0.2) is 30.4 Å². The zero-order valence-corrected chi connectivity index (χ0v) is 12.1. The highest BCUT2D eigenvalue weighted by Gasteiger charge is 2.19. The third-order valence-corrected chi connectivity index (χ3v) is 4.41. The van der Waals surface area contributed by atoms with E-state index in [4.69, 9.17) is 23.2 Å². The van der Waals surface area contributed by atoms with Gasteiger partial charge in [-0.1, -0.05) is 41.4 Å². The van der Waals surface area contributed by atoms with Crippen LogP contribution in [0.3, 0.4) is 0 Å². The van der Waals surface area contributed by atoms with E-state index in [1.807, 2.05) is 0 Å². The second kappa shape index (κ2) is 6.57. The Hall–Kier alpha value is -0.550. The molecule has 0 bridgehead atoms. The maximum absolute atomic E-state index is 11.7. The summed E-state index contributed by atoms with van der Waals surface area (Å²) in [6.45, 7) is 1.74. The van der Waals surface area contributed by atoms with Crippen molar-refractivity contribution in [3.63, 3.8) is 0 Å². The lowest BCUT2D eigenvalue weighted by Crippen LogP contribution is -2.16. The van der Waals surface area contributed by atoms with E-state index in [9.17, 15) is 13.5 Å². The molecule has 1 N–H and O–H groups in total. The number of rotatable bonds is 5. The van der Waals surface area contributed by atoms with Crippen LogP contribution in [0.2, 0.25) is 10.0 Å². The highest BCUT2D eigenvalue weighted by Crippen LogP contribution is 2.27. The first-order valence-corrected chi connectivity index (χ1v) is 7.88. The van der Waals surface area contributed by atoms with Crippen LogP contribution in [0.25, 0.3) is 0 Å². The number of sulfone groups is 1. The predicted octanol–water partition coefficient (Wildman–Crippen LogP) is 3.02. The van der Waals surface area contributed by atoms with Crippen LogP contribution in [0.1, 0.15) is 18.6 Å². The molecule has 0 heterocycles. The number of allylic oxidation sites excluding steroid dienone is 1. The second-order valence-corrected chi connectivity index (χ2v) is 6.83. The normalized spacial score (nSPS) is 14.0. The van der Waals surface area contributed by atoms with Crippen molar-refractivity contribution in [1.82, 2.24) is 0 Å². The maximum atomic E-state index is 11.7. The summed E-state index contributed by atoms with van der Waals surface area (Å²) >= 11 is 11.6. The van der Waals surface area contributed by atoms with E-state index in [2.05, 4.69) is 0 Å². The zero-order valence-electron chi connectivity index (χ0n) is 9.81. The molecule has 0 aromatic heterocycles. The molecule has 0 fully saturated rings. The SMILES string of the molecule is C/C=C/CS(=O)(=O)CC(O)c1ccc(Cl)cc1Cl. The lowest BCUT2D eigenvalue weighted by atomic mass is 10.1. The smallest absolute Gasteiger partial charge is 0.156 e. The van der Waals surface area contributed by atoms with Crippen LogP contribution in [0.5, 0.6) is 0 Å². The van der Waals surface area contributed by atoms with E-state index >= 15 is 0 Å². The lowest BCUT2D eigenvalue weighted by Gasteiger charge is -2.12. The largest absolute Gasteiger partial charge is 0.387 e. The number of hydrogen-bond acceptors (Lipinski definition) is 3. The molecule has 1 aromatic rings. The Morgan fingerprint density at radius 3 is 2.61 bits per heavy atom. The zero-order chi connectivity index (χ0) is 13.8. The Balaban J connectivity index is 2.85. The molecule has 6 heteroatoms. The molecule has 1 unspecified atom stereocenters. The Morgan fingerprint density at radius 2 is 2.06 bits per heavy atom. The topological polar surface area (TPSA) is 54.4 Å². The van der Waals surface area contributed by atoms with Gasteiger partial charge in [-0.2, -0.15) is 0 Å². The van der Waals surface area contributed by atoms with Gasteiger partial charge in [0, 0.05) is 15.6 Å². The van der Waals surface area contributed by atoms with Gasteiger partial charge in [-0.25, -0.2) is 8.42 Å². The number of aliphatic hydroxyl groups excluding tert-OH is 1. The van der Waals surface area contributed by atoms with Gasteiger partial charge in [-0.3, -0.25) is 0 Å². The summed E-state index contributed by atoms with van der Waals surface area (Å²) in [5.41, 5.74) is 0.366. The van der Waals surface area contributed by atoms with Crippen LogP contribution in [-0.2, 0) is 9.84 Å². The number of benzene rings is 1. The molecule has 0 saturated heterocycles. The van der Waals surface area contributed by atoms with E-state index < -0.39 is 15.9 Å². The first kappa shape index (κ1) is 15.5. The van der Waals surface area contributed by atoms with Gasteiger partial charge in [0.25, 0.3) is 0 Å². The van der Waals surface area contributed by atoms with Crippen molar-refractivity contribution < 1.29 is 13.5 Å². The molecular formula is C12H14Cl2O3S. The van der Waals surface area contributed by atoms with Crippen molar-refractivity contribution in [2.24, 2.45) is 0 Å². The fourth-order valence-electron chi connectivity index (χ4n) is 1.41. The van der Waals surface area contributed by atoms with Crippen LogP contribution in [0.4, 0.5) is 0 Å². The molecular weight excluding hydrogens is 295 g/mol. The summed E-state index contributed by atoms with van der Waals surface area (Å²) < 4.78 is 23.3. The van der Waals surface area contributed by atoms with Gasteiger partial charge >= 0.3 is 0 Å². The number of aliphatic hydroxyl groups is 1. The fraction of sp³-hybridized carbons (Fsp3) is 0.333. The average molecular weight is 309 g/mol. The van der Waals surface area contributed by atoms with E-state index in [-0.39, 0.29) is 16.5 Å². The number of halogens is 2. The van der Waals surface area contributed by atoms with Crippen molar-refractivity contribution in [3.8, 4) is 0 Å². The Morgan fingerprint density at radius 1 is 1.39 bits per heavy atom. The highest BCUT2D eigenvalue weighted by atomic mass is 35.5. The van der Waals surface area contributed by atoms with Gasteiger partial charge in [0.15, 0.2) is 9.84 Å². The standard InChI is InChI=1S/C12H14Cl2O3S/c1-2-3-6-18(16,17)8-12(15)10-5-4-9(13)7-11(10)14/h2-5,7,12,15H,6,8H2,1H3/b3-2+. The minimum absolute atomic E-state index is 0.0915. The molecule has 1 aromatic carbocycles. The molecule has 0 aliphatic carbocycles. The first-order chi connectivity index (χ1) is 8.35. The van der Waals surface area contributed by atoms with E-state index in [0.717, 1.165) is 0 Å². The van der Waals surface area contributed by atoms with Crippen LogP contribution in [0, 0.1) is 0 Å². The molecule has 3 nitrogen and oxygen atoms in total. The Labute approximate surface area is 117 Å². The summed E-state index contributed by atoms with van der Waals surface area (Å²) in [5.74, 6) is -0.454. The third-order valence-electron chi connectivity index (χ3n) is 2.32. The molecule has 1 rings (SSSR count). The van der Waals surface area contributed by atoms with Crippen molar-refractivity contribution in [2.45, 2.75) is 13.0 Å². The molecule has 0 aliphatic rings. The minimum Gasteiger partial charge on any atom is -0.387 e. The highest BCUT2D eigenvalue weighted by molar-refractivity contribution is 7.91. The van der Waals surface area contributed by atoms with Crippen LogP contribution < -0.4 is 0 Å². The summed E-state index contributed by atoms with van der Waals surface area (Å²) in [5, 5.41) is 10.6. The van der Waals surface area contributed by atoms with Crippen molar-refractivity contribution in [1.29, 1.82) is 0 Å². The van der Waals surface area contributed by atoms with Crippen molar-refractivity contribution in [3.05, 3.63) is 46.0 Å². The quantitative estimate of drug-likeness (QED) is 0.851. The average Bonchev–Trinajstić information content (AvgIpc) is 2.25. The van der Waals surface area contributed by atoms with Gasteiger partial charge in [-0.15, -0.1) is 0 Å². The third kappa shape index (κ3) is 4.61. The predicted molar refractivity (Wildman–Crippen MR) is 74.9 cm³/mol. The maximum Gasteiger partial charge on any atom is 0.156 e.